The quantitative estimate of drug-likeness (QED) is 0.129. The van der Waals surface area contributed by atoms with Gasteiger partial charge in [0.1, 0.15) is 11.2 Å². The molecule has 1 aliphatic rings. The number of rotatable bonds is 3. The summed E-state index contributed by atoms with van der Waals surface area (Å²) in [5, 5.41) is 14.7. The monoisotopic (exact) mass is 762 g/mol. The lowest BCUT2D eigenvalue weighted by molar-refractivity contribution is 0.662. The van der Waals surface area contributed by atoms with E-state index in [1.165, 1.54) is 115 Å². The lowest BCUT2D eigenvalue weighted by Crippen LogP contribution is -2.16. The standard InChI is InChI=1S/C59H38O/c1-59(2)52-30-28-39(55-45-23-12-10-21-43(45)54(35-15-4-3-5-16-35)44-22-11-13-24-46(44)55)33-50(52)47-26-14-25-40(57(47)59)38-27-29-48-49(32-38)41-19-8-9-20-42(41)56-51-31-36-17-6-7-18-37(36)34-53(51)60-58(48)56/h3-34H,1-2H3. The van der Waals surface area contributed by atoms with Crippen molar-refractivity contribution < 1.29 is 4.42 Å². The molecule has 1 nitrogen and oxygen atoms in total. The Morgan fingerprint density at radius 3 is 1.65 bits per heavy atom. The minimum atomic E-state index is -0.206. The maximum atomic E-state index is 6.81. The number of hydrogen-bond acceptors (Lipinski definition) is 1. The van der Waals surface area contributed by atoms with E-state index in [0.29, 0.717) is 0 Å². The molecular weight excluding hydrogens is 725 g/mol. The Balaban J connectivity index is 1.01. The van der Waals surface area contributed by atoms with E-state index >= 15 is 0 Å². The molecule has 280 valence electrons. The van der Waals surface area contributed by atoms with Crippen LogP contribution < -0.4 is 0 Å². The molecule has 0 saturated carbocycles. The van der Waals surface area contributed by atoms with E-state index in [1.807, 2.05) is 0 Å². The summed E-state index contributed by atoms with van der Waals surface area (Å²) in [7, 11) is 0. The van der Waals surface area contributed by atoms with Crippen molar-refractivity contribution in [1.29, 1.82) is 0 Å². The molecule has 0 N–H and O–H groups in total. The van der Waals surface area contributed by atoms with Gasteiger partial charge < -0.3 is 4.42 Å². The van der Waals surface area contributed by atoms with Gasteiger partial charge in [-0.1, -0.05) is 178 Å². The van der Waals surface area contributed by atoms with Gasteiger partial charge in [-0.25, -0.2) is 0 Å². The third kappa shape index (κ3) is 4.58. The van der Waals surface area contributed by atoms with E-state index in [1.54, 1.807) is 0 Å². The fourth-order valence-electron chi connectivity index (χ4n) is 11.0. The molecule has 0 aliphatic heterocycles. The predicted molar refractivity (Wildman–Crippen MR) is 255 cm³/mol. The third-order valence-electron chi connectivity index (χ3n) is 13.6. The van der Waals surface area contributed by atoms with Crippen LogP contribution in [0.3, 0.4) is 0 Å². The highest BCUT2D eigenvalue weighted by Crippen LogP contribution is 2.54. The van der Waals surface area contributed by atoms with Crippen LogP contribution in [0.4, 0.5) is 0 Å². The molecule has 1 heterocycles. The van der Waals surface area contributed by atoms with Gasteiger partial charge in [-0.3, -0.25) is 0 Å². The normalized spacial score (nSPS) is 13.3. The second kappa shape index (κ2) is 12.3. The summed E-state index contributed by atoms with van der Waals surface area (Å²) in [6, 6.07) is 71.8. The van der Waals surface area contributed by atoms with Crippen molar-refractivity contribution in [1.82, 2.24) is 0 Å². The van der Waals surface area contributed by atoms with E-state index in [2.05, 4.69) is 208 Å². The van der Waals surface area contributed by atoms with E-state index < -0.39 is 0 Å². The van der Waals surface area contributed by atoms with Crippen LogP contribution in [0, 0.1) is 0 Å². The van der Waals surface area contributed by atoms with Gasteiger partial charge in [-0.2, -0.15) is 0 Å². The van der Waals surface area contributed by atoms with Gasteiger partial charge in [-0.05, 0) is 134 Å². The first kappa shape index (κ1) is 33.5. The Morgan fingerprint density at radius 2 is 0.933 bits per heavy atom. The third-order valence-corrected chi connectivity index (χ3v) is 13.6. The summed E-state index contributed by atoms with van der Waals surface area (Å²) in [6.45, 7) is 4.80. The lowest BCUT2D eigenvalue weighted by atomic mass is 9.78. The summed E-state index contributed by atoms with van der Waals surface area (Å²) in [6.07, 6.45) is 0. The zero-order valence-corrected chi connectivity index (χ0v) is 33.4. The highest BCUT2D eigenvalue weighted by atomic mass is 16.3. The topological polar surface area (TPSA) is 13.1 Å². The van der Waals surface area contributed by atoms with E-state index in [9.17, 15) is 0 Å². The second-order valence-corrected chi connectivity index (χ2v) is 17.1. The summed E-state index contributed by atoms with van der Waals surface area (Å²) in [4.78, 5) is 0. The van der Waals surface area contributed by atoms with Gasteiger partial charge in [0.05, 0.1) is 0 Å². The van der Waals surface area contributed by atoms with Crippen molar-refractivity contribution in [2.45, 2.75) is 19.3 Å². The molecule has 0 radical (unpaired) electrons. The van der Waals surface area contributed by atoms with Crippen molar-refractivity contribution in [3.8, 4) is 44.5 Å². The Morgan fingerprint density at radius 1 is 0.350 bits per heavy atom. The number of hydrogen-bond donors (Lipinski definition) is 0. The molecule has 0 amide bonds. The van der Waals surface area contributed by atoms with Gasteiger partial charge in [0.25, 0.3) is 0 Å². The van der Waals surface area contributed by atoms with Crippen LogP contribution in [0.5, 0.6) is 0 Å². The van der Waals surface area contributed by atoms with Crippen molar-refractivity contribution in [2.24, 2.45) is 0 Å². The Bertz CT molecular complexity index is 3730. The van der Waals surface area contributed by atoms with Gasteiger partial charge in [0, 0.05) is 21.6 Å². The van der Waals surface area contributed by atoms with Crippen LogP contribution in [-0.2, 0) is 5.41 Å². The molecule has 0 saturated heterocycles. The SMILES string of the molecule is CC1(C)c2ccc(-c3c4ccccc4c(-c4ccccc4)c4ccccc34)cc2-c2cccc(-c3ccc4c(c3)c3ccccc3c3c5cc6ccccc6cc5oc43)c21. The van der Waals surface area contributed by atoms with Crippen molar-refractivity contribution in [3.05, 3.63) is 205 Å². The molecule has 0 spiro atoms. The highest BCUT2D eigenvalue weighted by Gasteiger charge is 2.38. The average molecular weight is 763 g/mol. The smallest absolute Gasteiger partial charge is 0.143 e. The molecule has 1 heteroatoms. The minimum absolute atomic E-state index is 0.206. The predicted octanol–water partition coefficient (Wildman–Crippen LogP) is 16.7. The Kier molecular flexibility index (Phi) is 6.85. The first-order chi connectivity index (χ1) is 29.5. The molecule has 0 fully saturated rings. The highest BCUT2D eigenvalue weighted by molar-refractivity contribution is 6.31. The molecule has 1 aromatic heterocycles. The van der Waals surface area contributed by atoms with Crippen molar-refractivity contribution in [2.75, 3.05) is 0 Å². The van der Waals surface area contributed by atoms with Crippen LogP contribution in [0.25, 0.3) is 120 Å². The fraction of sp³-hybridized carbons (Fsp3) is 0.0508. The second-order valence-electron chi connectivity index (χ2n) is 17.1. The van der Waals surface area contributed by atoms with Gasteiger partial charge >= 0.3 is 0 Å². The molecule has 0 atom stereocenters. The largest absolute Gasteiger partial charge is 0.455 e. The first-order valence-corrected chi connectivity index (χ1v) is 21.0. The van der Waals surface area contributed by atoms with Gasteiger partial charge in [-0.15, -0.1) is 0 Å². The summed E-state index contributed by atoms with van der Waals surface area (Å²) in [5.41, 5.74) is 14.6. The van der Waals surface area contributed by atoms with Crippen LogP contribution in [0.1, 0.15) is 25.0 Å². The average Bonchev–Trinajstić information content (AvgIpc) is 3.78. The Hall–Kier alpha value is -7.48. The summed E-state index contributed by atoms with van der Waals surface area (Å²) >= 11 is 0. The molecule has 0 unspecified atom stereocenters. The van der Waals surface area contributed by atoms with Crippen LogP contribution in [-0.4, -0.2) is 0 Å². The molecule has 13 rings (SSSR count). The van der Waals surface area contributed by atoms with Crippen LogP contribution in [0.15, 0.2) is 199 Å². The fourth-order valence-corrected chi connectivity index (χ4v) is 11.0. The van der Waals surface area contributed by atoms with Gasteiger partial charge in [0.15, 0.2) is 0 Å². The maximum absolute atomic E-state index is 6.81. The van der Waals surface area contributed by atoms with E-state index in [-0.39, 0.29) is 5.41 Å². The van der Waals surface area contributed by atoms with Crippen LogP contribution >= 0.6 is 0 Å². The summed E-state index contributed by atoms with van der Waals surface area (Å²) in [5.74, 6) is 0. The molecule has 11 aromatic carbocycles. The van der Waals surface area contributed by atoms with Crippen LogP contribution in [0.2, 0.25) is 0 Å². The first-order valence-electron chi connectivity index (χ1n) is 21.0. The van der Waals surface area contributed by atoms with E-state index in [4.69, 9.17) is 4.42 Å². The minimum Gasteiger partial charge on any atom is -0.455 e. The van der Waals surface area contributed by atoms with Crippen molar-refractivity contribution in [3.63, 3.8) is 0 Å². The van der Waals surface area contributed by atoms with Crippen molar-refractivity contribution >= 4 is 75.8 Å². The number of benzene rings is 11. The number of fused-ring (bicyclic) bond motifs is 14. The zero-order valence-electron chi connectivity index (χ0n) is 33.4. The zero-order chi connectivity index (χ0) is 39.7. The number of furan rings is 1. The van der Waals surface area contributed by atoms with Gasteiger partial charge in [0.2, 0.25) is 0 Å². The molecule has 60 heavy (non-hydrogen) atoms. The lowest BCUT2D eigenvalue weighted by Gasteiger charge is -2.25. The molecule has 1 aliphatic carbocycles. The molecule has 12 aromatic rings. The van der Waals surface area contributed by atoms with E-state index in [0.717, 1.165) is 16.6 Å². The maximum Gasteiger partial charge on any atom is 0.143 e. The summed E-state index contributed by atoms with van der Waals surface area (Å²) < 4.78 is 6.81. The molecule has 0 bridgehead atoms. The molecular formula is C59H38O. The Labute approximate surface area is 347 Å².